The Morgan fingerprint density at radius 3 is 2.00 bits per heavy atom. The summed E-state index contributed by atoms with van der Waals surface area (Å²) in [6.07, 6.45) is 0. The second-order valence-corrected chi connectivity index (χ2v) is 3.64. The lowest BCUT2D eigenvalue weighted by atomic mass is 10.0. The molecule has 1 rings (SSSR count). The van der Waals surface area contributed by atoms with Gasteiger partial charge in [-0.1, -0.05) is 0 Å². The average Bonchev–Trinajstić information content (AvgIpc) is 1.99. The molecule has 15 heavy (non-hydrogen) atoms. The van der Waals surface area contributed by atoms with Crippen LogP contribution in [0, 0.1) is 13.8 Å². The Bertz CT molecular complexity index is 401. The molecule has 0 aliphatic rings. The third-order valence-corrected chi connectivity index (χ3v) is 2.15. The van der Waals surface area contributed by atoms with E-state index in [0.717, 1.165) is 0 Å². The number of esters is 1. The van der Waals surface area contributed by atoms with Crippen molar-refractivity contribution in [2.75, 3.05) is 0 Å². The molecule has 1 aromatic rings. The molecular formula is C11H11ClO3. The van der Waals surface area contributed by atoms with Gasteiger partial charge < -0.3 is 4.74 Å². The molecular weight excluding hydrogens is 216 g/mol. The third kappa shape index (κ3) is 2.80. The normalized spacial score (nSPS) is 9.87. The van der Waals surface area contributed by atoms with Crippen LogP contribution in [0.5, 0.6) is 5.75 Å². The molecule has 0 unspecified atom stereocenters. The zero-order valence-corrected chi connectivity index (χ0v) is 9.51. The number of hydrogen-bond donors (Lipinski definition) is 0. The molecule has 0 radical (unpaired) electrons. The summed E-state index contributed by atoms with van der Waals surface area (Å²) in [5.41, 5.74) is 1.87. The molecule has 4 heteroatoms. The van der Waals surface area contributed by atoms with Crippen LogP contribution in [0.4, 0.5) is 0 Å². The van der Waals surface area contributed by atoms with Crippen LogP contribution >= 0.6 is 11.6 Å². The molecule has 0 aliphatic carbocycles. The Hall–Kier alpha value is -1.35. The van der Waals surface area contributed by atoms with Crippen LogP contribution in [-0.2, 0) is 4.79 Å². The van der Waals surface area contributed by atoms with Gasteiger partial charge in [0.25, 0.3) is 5.24 Å². The van der Waals surface area contributed by atoms with Crippen LogP contribution in [0.15, 0.2) is 12.1 Å². The van der Waals surface area contributed by atoms with Gasteiger partial charge in [-0.05, 0) is 48.7 Å². The van der Waals surface area contributed by atoms with E-state index in [0.29, 0.717) is 22.4 Å². The maximum Gasteiger partial charge on any atom is 0.308 e. The average molecular weight is 227 g/mol. The number of benzene rings is 1. The van der Waals surface area contributed by atoms with Crippen LogP contribution in [0.3, 0.4) is 0 Å². The minimum Gasteiger partial charge on any atom is -0.427 e. The SMILES string of the molecule is CC(=O)Oc1cc(C)c(C(=O)Cl)c(C)c1. The molecule has 0 aliphatic heterocycles. The molecule has 0 amide bonds. The summed E-state index contributed by atoms with van der Waals surface area (Å²) in [5, 5.41) is -0.501. The van der Waals surface area contributed by atoms with Crippen molar-refractivity contribution < 1.29 is 14.3 Å². The van der Waals surface area contributed by atoms with Gasteiger partial charge in [0, 0.05) is 12.5 Å². The van der Waals surface area contributed by atoms with Gasteiger partial charge in [0.15, 0.2) is 0 Å². The standard InChI is InChI=1S/C11H11ClO3/c1-6-4-9(15-8(3)13)5-7(2)10(6)11(12)14/h4-5H,1-3H3. The highest BCUT2D eigenvalue weighted by Gasteiger charge is 2.12. The fourth-order valence-electron chi connectivity index (χ4n) is 1.46. The van der Waals surface area contributed by atoms with E-state index in [-0.39, 0.29) is 0 Å². The highest BCUT2D eigenvalue weighted by Crippen LogP contribution is 2.23. The highest BCUT2D eigenvalue weighted by atomic mass is 35.5. The first kappa shape index (κ1) is 11.7. The minimum absolute atomic E-state index is 0.390. The minimum atomic E-state index is -0.501. The number of ether oxygens (including phenoxy) is 1. The zero-order valence-electron chi connectivity index (χ0n) is 8.76. The van der Waals surface area contributed by atoms with Gasteiger partial charge in [0.2, 0.25) is 0 Å². The van der Waals surface area contributed by atoms with Gasteiger partial charge in [-0.25, -0.2) is 0 Å². The maximum absolute atomic E-state index is 11.1. The third-order valence-electron chi connectivity index (χ3n) is 1.96. The van der Waals surface area contributed by atoms with Gasteiger partial charge >= 0.3 is 5.97 Å². The first-order valence-electron chi connectivity index (χ1n) is 4.41. The summed E-state index contributed by atoms with van der Waals surface area (Å²) < 4.78 is 4.92. The summed E-state index contributed by atoms with van der Waals surface area (Å²) >= 11 is 5.43. The van der Waals surface area contributed by atoms with Crippen molar-refractivity contribution in [2.24, 2.45) is 0 Å². The molecule has 0 heterocycles. The predicted octanol–water partition coefficient (Wildman–Crippen LogP) is 2.61. The van der Waals surface area contributed by atoms with Crippen LogP contribution in [0.2, 0.25) is 0 Å². The molecule has 0 N–H and O–H groups in total. The maximum atomic E-state index is 11.1. The summed E-state index contributed by atoms with van der Waals surface area (Å²) in [7, 11) is 0. The molecule has 0 saturated carbocycles. The summed E-state index contributed by atoms with van der Waals surface area (Å²) in [5.74, 6) is 0.0397. The number of carbonyl (C=O) groups excluding carboxylic acids is 2. The fraction of sp³-hybridized carbons (Fsp3) is 0.273. The molecule has 0 bridgehead atoms. The molecule has 80 valence electrons. The number of carbonyl (C=O) groups is 2. The summed E-state index contributed by atoms with van der Waals surface area (Å²) in [4.78, 5) is 21.8. The van der Waals surface area contributed by atoms with Gasteiger partial charge in [0.05, 0.1) is 0 Å². The van der Waals surface area contributed by atoms with Gasteiger partial charge in [-0.3, -0.25) is 9.59 Å². The van der Waals surface area contributed by atoms with Crippen molar-refractivity contribution in [3.8, 4) is 5.75 Å². The van der Waals surface area contributed by atoms with Crippen LogP contribution in [0.1, 0.15) is 28.4 Å². The van der Waals surface area contributed by atoms with E-state index in [4.69, 9.17) is 16.3 Å². The van der Waals surface area contributed by atoms with Crippen molar-refractivity contribution in [3.05, 3.63) is 28.8 Å². The summed E-state index contributed by atoms with van der Waals surface area (Å²) in [6, 6.07) is 3.23. The van der Waals surface area contributed by atoms with E-state index in [1.165, 1.54) is 6.92 Å². The molecule has 0 spiro atoms. The number of hydrogen-bond acceptors (Lipinski definition) is 3. The van der Waals surface area contributed by atoms with Crippen molar-refractivity contribution in [1.82, 2.24) is 0 Å². The fourth-order valence-corrected chi connectivity index (χ4v) is 1.76. The van der Waals surface area contributed by atoms with Crippen molar-refractivity contribution in [1.29, 1.82) is 0 Å². The van der Waals surface area contributed by atoms with E-state index in [2.05, 4.69) is 0 Å². The van der Waals surface area contributed by atoms with E-state index in [9.17, 15) is 9.59 Å². The second-order valence-electron chi connectivity index (χ2n) is 3.30. The van der Waals surface area contributed by atoms with Gasteiger partial charge in [-0.2, -0.15) is 0 Å². The Balaban J connectivity index is 3.19. The molecule has 0 saturated heterocycles. The molecule has 0 fully saturated rings. The molecule has 3 nitrogen and oxygen atoms in total. The van der Waals surface area contributed by atoms with Gasteiger partial charge in [-0.15, -0.1) is 0 Å². The first-order valence-corrected chi connectivity index (χ1v) is 4.79. The lowest BCUT2D eigenvalue weighted by molar-refractivity contribution is -0.131. The van der Waals surface area contributed by atoms with Crippen LogP contribution < -0.4 is 4.74 Å². The number of aryl methyl sites for hydroxylation is 2. The van der Waals surface area contributed by atoms with Crippen LogP contribution in [-0.4, -0.2) is 11.2 Å². The lowest BCUT2D eigenvalue weighted by Gasteiger charge is -2.08. The van der Waals surface area contributed by atoms with Crippen molar-refractivity contribution in [3.63, 3.8) is 0 Å². The monoisotopic (exact) mass is 226 g/mol. The highest BCUT2D eigenvalue weighted by molar-refractivity contribution is 6.68. The largest absolute Gasteiger partial charge is 0.427 e. The Morgan fingerprint density at radius 1 is 1.20 bits per heavy atom. The topological polar surface area (TPSA) is 43.4 Å². The molecule has 0 aromatic heterocycles. The van der Waals surface area contributed by atoms with Crippen LogP contribution in [0.25, 0.3) is 0 Å². The quantitative estimate of drug-likeness (QED) is 0.442. The smallest absolute Gasteiger partial charge is 0.308 e. The molecule has 0 atom stereocenters. The Kier molecular flexibility index (Phi) is 3.48. The van der Waals surface area contributed by atoms with E-state index in [1.807, 2.05) is 0 Å². The number of rotatable bonds is 2. The molecule has 1 aromatic carbocycles. The van der Waals surface area contributed by atoms with E-state index in [1.54, 1.807) is 26.0 Å². The van der Waals surface area contributed by atoms with Crippen molar-refractivity contribution in [2.45, 2.75) is 20.8 Å². The Morgan fingerprint density at radius 2 is 1.67 bits per heavy atom. The second kappa shape index (κ2) is 4.45. The van der Waals surface area contributed by atoms with Gasteiger partial charge in [0.1, 0.15) is 5.75 Å². The lowest BCUT2D eigenvalue weighted by Crippen LogP contribution is -2.04. The number of halogens is 1. The van der Waals surface area contributed by atoms with E-state index >= 15 is 0 Å². The van der Waals surface area contributed by atoms with E-state index < -0.39 is 11.2 Å². The predicted molar refractivity (Wildman–Crippen MR) is 57.4 cm³/mol. The Labute approximate surface area is 93.0 Å². The summed E-state index contributed by atoms with van der Waals surface area (Å²) in [6.45, 7) is 4.82. The van der Waals surface area contributed by atoms with Crippen molar-refractivity contribution >= 4 is 22.8 Å². The first-order chi connectivity index (χ1) is 6.91. The zero-order chi connectivity index (χ0) is 11.6.